The molecule has 8 rings (SSSR count). The predicted octanol–water partition coefficient (Wildman–Crippen LogP) is 6.70. The quantitative estimate of drug-likeness (QED) is 0.0241. The van der Waals surface area contributed by atoms with Crippen molar-refractivity contribution in [1.82, 2.24) is 42.9 Å². The molecule has 0 spiro atoms. The van der Waals surface area contributed by atoms with E-state index in [1.54, 1.807) is 74.1 Å². The van der Waals surface area contributed by atoms with Crippen LogP contribution in [0.5, 0.6) is 0 Å². The van der Waals surface area contributed by atoms with Gasteiger partial charge in [-0.1, -0.05) is 13.8 Å². The highest BCUT2D eigenvalue weighted by atomic mass is 31.2. The van der Waals surface area contributed by atoms with Gasteiger partial charge in [-0.25, -0.2) is 43.6 Å². The Kier molecular flexibility index (Phi) is 31.2. The third-order valence-electron chi connectivity index (χ3n) is 17.3. The van der Waals surface area contributed by atoms with Crippen LogP contribution in [-0.4, -0.2) is 218 Å². The number of aromatic amines is 4. The number of nitrogens with zero attached hydrogens (tertiary/aromatic N) is 6. The van der Waals surface area contributed by atoms with Crippen LogP contribution in [0.3, 0.4) is 0 Å². The van der Waals surface area contributed by atoms with Crippen molar-refractivity contribution in [2.24, 2.45) is 11.8 Å². The zero-order valence-electron chi connectivity index (χ0n) is 60.6. The van der Waals surface area contributed by atoms with Crippen molar-refractivity contribution in [2.45, 2.75) is 193 Å². The van der Waals surface area contributed by atoms with Crippen molar-refractivity contribution in [3.05, 3.63) is 142 Å². The summed E-state index contributed by atoms with van der Waals surface area (Å²) >= 11 is 0. The summed E-state index contributed by atoms with van der Waals surface area (Å²) in [6, 6.07) is 0.0271. The van der Waals surface area contributed by atoms with Crippen LogP contribution in [0.1, 0.15) is 114 Å². The number of hydrogen-bond donors (Lipinski definition) is 6. The molecule has 1 unspecified atom stereocenters. The zero-order valence-corrected chi connectivity index (χ0v) is 65.0. The number of H-pyrrole nitrogens is 4. The SMILES string of the molecule is Cc1cn([C@@H]2O[C@H](CCP(C)(C)=O)[C@@H](C)[C@@H]2O)c(=O)[nH]c1=O.Cc1cn([C@@H]2O[C@H](CCP(C)(C)=O)[C@@H](C)[C@H]2F)c(=O)[nH]c1=O.Cc1cn([C@@H]2O[C@H](CCP(C)(C)=O)[C@@H](O)[C@H]2F)c(=O)[nH]c1=O.[C-]#[N+]CCOP(O[C@H]1[C@@H](F)[C@H](n2cc(C)c(=O)[nH]c2=O)O[C@@H]1CCP(C)(C)=O)N(C(C)C)C(C)C. The van der Waals surface area contributed by atoms with Gasteiger partial charge in [-0.05, 0) is 134 Å². The van der Waals surface area contributed by atoms with Crippen LogP contribution in [0.15, 0.2) is 63.1 Å². The number of alkyl halides is 3. The molecule has 0 radical (unpaired) electrons. The zero-order chi connectivity index (χ0) is 76.5. The van der Waals surface area contributed by atoms with Gasteiger partial charge in [-0.3, -0.25) is 57.4 Å². The summed E-state index contributed by atoms with van der Waals surface area (Å²) in [5, 5.41) is 20.3. The Hall–Kier alpha value is -5.01. The van der Waals surface area contributed by atoms with Gasteiger partial charge < -0.3 is 61.3 Å². The fraction of sp³-hybridized carbons (Fsp3) is 0.730. The molecule has 0 saturated carbocycles. The van der Waals surface area contributed by atoms with Crippen LogP contribution < -0.4 is 45.0 Å². The van der Waals surface area contributed by atoms with Gasteiger partial charge in [-0.2, -0.15) is 0 Å². The largest absolute Gasteiger partial charge is 0.388 e. The lowest BCUT2D eigenvalue weighted by molar-refractivity contribution is -0.0403. The van der Waals surface area contributed by atoms with Gasteiger partial charge in [0.2, 0.25) is 6.54 Å². The highest BCUT2D eigenvalue weighted by Gasteiger charge is 2.51. The number of aliphatic hydroxyl groups is 2. The van der Waals surface area contributed by atoms with Crippen LogP contribution >= 0.6 is 37.1 Å². The second kappa shape index (κ2) is 36.3. The summed E-state index contributed by atoms with van der Waals surface area (Å²) in [6.07, 6.45) is -6.76. The van der Waals surface area contributed by atoms with Gasteiger partial charge in [0.1, 0.15) is 24.9 Å². The smallest absolute Gasteiger partial charge is 0.330 e. The topological polar surface area (TPSA) is 391 Å². The van der Waals surface area contributed by atoms with E-state index in [4.69, 9.17) is 34.6 Å². The second-order valence-corrected chi connectivity index (χ2v) is 44.4. The molecule has 570 valence electrons. The molecule has 4 aliphatic rings. The molecule has 8 heterocycles. The molecule has 6 N–H and O–H groups in total. The van der Waals surface area contributed by atoms with E-state index in [2.05, 4.69) is 24.8 Å². The molecule has 4 fully saturated rings. The fourth-order valence-corrected chi connectivity index (χ4v) is 16.8. The van der Waals surface area contributed by atoms with E-state index in [9.17, 15) is 75.6 Å². The molecule has 4 aromatic rings. The number of aryl methyl sites for hydroxylation is 4. The van der Waals surface area contributed by atoms with Crippen LogP contribution in [-0.2, 0) is 46.3 Å². The van der Waals surface area contributed by atoms with Crippen LogP contribution in [0.2, 0.25) is 0 Å². The van der Waals surface area contributed by atoms with E-state index in [0.29, 0.717) is 48.6 Å². The molecule has 17 atom stereocenters. The Morgan fingerprint density at radius 3 is 1.18 bits per heavy atom. The van der Waals surface area contributed by atoms with Gasteiger partial charge in [-0.15, -0.1) is 0 Å². The van der Waals surface area contributed by atoms with Crippen molar-refractivity contribution in [2.75, 3.05) is 91.1 Å². The number of ether oxygens (including phenoxy) is 4. The Labute approximate surface area is 585 Å². The number of nitrogens with one attached hydrogen (secondary N) is 4. The summed E-state index contributed by atoms with van der Waals surface area (Å²) in [7, 11) is -10.9. The molecule has 0 amide bonds. The van der Waals surface area contributed by atoms with Gasteiger partial charge in [0.05, 0.1) is 53.0 Å². The Balaban J connectivity index is 0.000000248. The minimum atomic E-state index is -2.43. The molecule has 4 aliphatic heterocycles. The summed E-state index contributed by atoms with van der Waals surface area (Å²) < 4.78 is 134. The minimum absolute atomic E-state index is 0.0136. The van der Waals surface area contributed by atoms with E-state index < -0.39 is 168 Å². The van der Waals surface area contributed by atoms with Crippen LogP contribution in [0.25, 0.3) is 4.85 Å². The van der Waals surface area contributed by atoms with E-state index in [0.717, 1.165) is 13.7 Å². The van der Waals surface area contributed by atoms with Crippen molar-refractivity contribution < 1.29 is 69.6 Å². The normalized spacial score (nSPS) is 27.2. The predicted molar refractivity (Wildman–Crippen MR) is 382 cm³/mol. The minimum Gasteiger partial charge on any atom is -0.388 e. The van der Waals surface area contributed by atoms with Crippen LogP contribution in [0.4, 0.5) is 13.2 Å². The molecule has 101 heavy (non-hydrogen) atoms. The molecule has 0 bridgehead atoms. The van der Waals surface area contributed by atoms with Crippen molar-refractivity contribution in [3.8, 4) is 0 Å². The second-order valence-electron chi connectivity index (χ2n) is 28.6. The maximum Gasteiger partial charge on any atom is 0.330 e. The van der Waals surface area contributed by atoms with Crippen molar-refractivity contribution in [1.29, 1.82) is 0 Å². The first-order chi connectivity index (χ1) is 46.6. The lowest BCUT2D eigenvalue weighted by Gasteiger charge is -2.37. The first kappa shape index (κ1) is 86.6. The maximum absolute atomic E-state index is 16.0. The first-order valence-corrected chi connectivity index (χ1v) is 45.4. The van der Waals surface area contributed by atoms with Gasteiger partial charge in [0, 0.05) is 95.6 Å². The van der Waals surface area contributed by atoms with E-state index in [1.807, 2.05) is 39.3 Å². The Morgan fingerprint density at radius 2 is 0.812 bits per heavy atom. The number of rotatable bonds is 24. The fourth-order valence-electron chi connectivity index (χ4n) is 11.5. The lowest BCUT2D eigenvalue weighted by Crippen LogP contribution is -2.39. The highest BCUT2D eigenvalue weighted by Crippen LogP contribution is 2.52. The Morgan fingerprint density at radius 1 is 0.505 bits per heavy atom. The molecular weight excluding hydrogens is 1430 g/mol. The van der Waals surface area contributed by atoms with Crippen LogP contribution in [0, 0.1) is 46.1 Å². The Bertz CT molecular complexity index is 3930. The van der Waals surface area contributed by atoms with Crippen molar-refractivity contribution in [3.63, 3.8) is 0 Å². The van der Waals surface area contributed by atoms with E-state index in [1.165, 1.54) is 43.2 Å². The molecule has 4 aromatic heterocycles. The average Bonchev–Trinajstić information content (AvgIpc) is 1.72. The van der Waals surface area contributed by atoms with Gasteiger partial charge >= 0.3 is 22.8 Å². The van der Waals surface area contributed by atoms with Crippen molar-refractivity contribution >= 4 is 37.1 Å². The highest BCUT2D eigenvalue weighted by molar-refractivity contribution is 7.63. The van der Waals surface area contributed by atoms with Gasteiger partial charge in [0.25, 0.3) is 30.8 Å². The average molecular weight is 1530 g/mol. The molecule has 38 heteroatoms. The number of aliphatic hydroxyl groups excluding tert-OH is 2. The number of halogens is 3. The summed E-state index contributed by atoms with van der Waals surface area (Å²) in [5.74, 6) is -0.591. The number of aromatic nitrogens is 8. The first-order valence-electron chi connectivity index (χ1n) is 33.1. The monoisotopic (exact) mass is 1530 g/mol. The molecular formula is C63H102F3N10O20P5. The molecule has 0 aliphatic carbocycles. The molecule has 30 nitrogen and oxygen atoms in total. The summed E-state index contributed by atoms with van der Waals surface area (Å²) in [6.45, 7) is 38.2. The third-order valence-corrected chi connectivity index (χ3v) is 24.8. The van der Waals surface area contributed by atoms with E-state index in [-0.39, 0.29) is 61.2 Å². The maximum atomic E-state index is 16.0. The third kappa shape index (κ3) is 24.3. The summed E-state index contributed by atoms with van der Waals surface area (Å²) in [5.41, 5.74) is -3.75. The molecule has 4 saturated heterocycles. The summed E-state index contributed by atoms with van der Waals surface area (Å²) in [4.78, 5) is 106. The van der Waals surface area contributed by atoms with E-state index >= 15 is 4.39 Å². The standard InChI is InChI=1S/C22H37FN4O6P2.C14H22FN2O4P.C14H23N2O5P.C13H20FN2O5P/c1-14(2)27(15(3)4)34(31-11-10-24-6)33-19-17(9-12-35(7,8)30)32-21(18(19)23)26-13-16(5)20(28)25-22(26)29;1-8-7-17(14(19)16-12(8)18)13-11(15)9(2)10(21-13)5-6-22(3,4)20;1-8-7-16(14(19)15-12(8)18)13-11(17)9(2)10(21-13)5-6-22(3,4)20;1-7-6-16(13(19)15-11(7)18)12-9(14)10(17)8(21-12)4-5-22(2,3)20/h13-15,17-19,21H,9-12H2,1-5,7-8H3,(H,25,28,29);7,9-11,13H,5-6H2,1-4H3,(H,16,18,19);7,9-11,13,17H,5-6H2,1-4H3,(H,15,18,19);6,8-10,12,17H,4-5H2,1-3H3,(H,15,18,19)/t17-,18-,19-,21-,34?;9-,10-,11-,13-;9-,10-,11+,13-;8-,9-,10-,12-/m1111/s1. The molecule has 0 aromatic carbocycles. The number of hydrogen-bond acceptors (Lipinski definition) is 21. The lowest BCUT2D eigenvalue weighted by atomic mass is 9.99. The van der Waals surface area contributed by atoms with Gasteiger partial charge in [0.15, 0.2) is 43.4 Å².